The molecule has 1 aliphatic heterocycles. The van der Waals surface area contributed by atoms with Crippen molar-refractivity contribution < 1.29 is 22.7 Å². The van der Waals surface area contributed by atoms with E-state index in [0.29, 0.717) is 29.3 Å². The standard InChI is InChI=1S/C19H20ClF3N4O2/c1-10(17-16(20)7-25-26-17)27-8-14-13(15(14)9-27)6-24-18(28)11-3-2-4-12(5-11)29-19(21,22)23/h2-5,7,10,13-15H,6,8-9H2,1H3,(H,24,28)(H,25,26). The van der Waals surface area contributed by atoms with Gasteiger partial charge in [-0.05, 0) is 42.9 Å². The Morgan fingerprint density at radius 2 is 2.14 bits per heavy atom. The summed E-state index contributed by atoms with van der Waals surface area (Å²) in [6, 6.07) is 5.20. The van der Waals surface area contributed by atoms with E-state index in [1.165, 1.54) is 12.1 Å². The fraction of sp³-hybridized carbons (Fsp3) is 0.474. The first-order valence-corrected chi connectivity index (χ1v) is 9.68. The van der Waals surface area contributed by atoms with Gasteiger partial charge >= 0.3 is 6.36 Å². The first-order chi connectivity index (χ1) is 13.7. The van der Waals surface area contributed by atoms with Gasteiger partial charge in [-0.15, -0.1) is 13.2 Å². The zero-order valence-electron chi connectivity index (χ0n) is 15.5. The monoisotopic (exact) mass is 428 g/mol. The smallest absolute Gasteiger partial charge is 0.406 e. The van der Waals surface area contributed by atoms with Crippen molar-refractivity contribution in [1.82, 2.24) is 20.4 Å². The predicted octanol–water partition coefficient (Wildman–Crippen LogP) is 3.63. The van der Waals surface area contributed by atoms with Crippen LogP contribution in [0.5, 0.6) is 5.75 Å². The van der Waals surface area contributed by atoms with Crippen LogP contribution < -0.4 is 10.1 Å². The minimum atomic E-state index is -4.79. The third-order valence-electron chi connectivity index (χ3n) is 5.79. The number of fused-ring (bicyclic) bond motifs is 1. The summed E-state index contributed by atoms with van der Waals surface area (Å²) in [6.07, 6.45) is -3.12. The Morgan fingerprint density at radius 3 is 2.76 bits per heavy atom. The van der Waals surface area contributed by atoms with Crippen molar-refractivity contribution in [3.8, 4) is 5.75 Å². The number of ether oxygens (including phenoxy) is 1. The Bertz CT molecular complexity index is 892. The molecular weight excluding hydrogens is 409 g/mol. The van der Waals surface area contributed by atoms with Crippen molar-refractivity contribution in [2.24, 2.45) is 17.8 Å². The molecule has 1 saturated heterocycles. The minimum absolute atomic E-state index is 0.119. The number of H-pyrrole nitrogens is 1. The maximum absolute atomic E-state index is 12.3. The van der Waals surface area contributed by atoms with Crippen molar-refractivity contribution >= 4 is 17.5 Å². The SMILES string of the molecule is CC(c1n[nH]cc1Cl)N1CC2C(CNC(=O)c3cccc(OC(F)(F)F)c3)C2C1. The lowest BCUT2D eigenvalue weighted by Crippen LogP contribution is -2.32. The molecule has 156 valence electrons. The number of hydrogen-bond acceptors (Lipinski definition) is 4. The lowest BCUT2D eigenvalue weighted by atomic mass is 10.1. The van der Waals surface area contributed by atoms with E-state index in [2.05, 4.69) is 32.1 Å². The second-order valence-corrected chi connectivity index (χ2v) is 7.93. The van der Waals surface area contributed by atoms with Crippen molar-refractivity contribution in [2.45, 2.75) is 19.3 Å². The topological polar surface area (TPSA) is 70.2 Å². The van der Waals surface area contributed by atoms with Gasteiger partial charge in [-0.2, -0.15) is 5.10 Å². The summed E-state index contributed by atoms with van der Waals surface area (Å²) in [5.41, 5.74) is 0.972. The number of halogens is 4. The number of rotatable bonds is 6. The fourth-order valence-corrected chi connectivity index (χ4v) is 4.45. The van der Waals surface area contributed by atoms with Gasteiger partial charge in [-0.1, -0.05) is 17.7 Å². The zero-order valence-corrected chi connectivity index (χ0v) is 16.3. The van der Waals surface area contributed by atoms with Gasteiger partial charge in [0.2, 0.25) is 0 Å². The average Bonchev–Trinajstić information content (AvgIpc) is 3.00. The molecule has 3 unspecified atom stereocenters. The third-order valence-corrected chi connectivity index (χ3v) is 6.09. The summed E-state index contributed by atoms with van der Waals surface area (Å²) in [7, 11) is 0. The molecule has 2 aliphatic rings. The lowest BCUT2D eigenvalue weighted by molar-refractivity contribution is -0.274. The van der Waals surface area contributed by atoms with Crippen molar-refractivity contribution in [3.63, 3.8) is 0 Å². The fourth-order valence-electron chi connectivity index (χ4n) is 4.20. The van der Waals surface area contributed by atoms with Crippen LogP contribution in [0.15, 0.2) is 30.5 Å². The summed E-state index contributed by atoms with van der Waals surface area (Å²) >= 11 is 6.14. The van der Waals surface area contributed by atoms with Crippen LogP contribution in [0.3, 0.4) is 0 Å². The zero-order chi connectivity index (χ0) is 20.8. The molecule has 0 spiro atoms. The number of likely N-dealkylation sites (tertiary alicyclic amines) is 1. The van der Waals surface area contributed by atoms with E-state index >= 15 is 0 Å². The van der Waals surface area contributed by atoms with Crippen molar-refractivity contribution in [2.75, 3.05) is 19.6 Å². The molecule has 4 rings (SSSR count). The van der Waals surface area contributed by atoms with Gasteiger partial charge in [-0.3, -0.25) is 14.8 Å². The number of alkyl halides is 3. The predicted molar refractivity (Wildman–Crippen MR) is 99.5 cm³/mol. The van der Waals surface area contributed by atoms with Crippen LogP contribution in [0.25, 0.3) is 0 Å². The Morgan fingerprint density at radius 1 is 1.41 bits per heavy atom. The molecular formula is C19H20ClF3N4O2. The Balaban J connectivity index is 1.26. The van der Waals surface area contributed by atoms with Crippen LogP contribution >= 0.6 is 11.6 Å². The second kappa shape index (κ2) is 7.53. The van der Waals surface area contributed by atoms with E-state index in [-0.39, 0.29) is 11.6 Å². The summed E-state index contributed by atoms with van der Waals surface area (Å²) in [5, 5.41) is 10.4. The first-order valence-electron chi connectivity index (χ1n) is 9.30. The highest BCUT2D eigenvalue weighted by molar-refractivity contribution is 6.31. The normalized spacial score (nSPS) is 24.8. The van der Waals surface area contributed by atoms with Crippen molar-refractivity contribution in [3.05, 3.63) is 46.7 Å². The lowest BCUT2D eigenvalue weighted by Gasteiger charge is -2.25. The highest BCUT2D eigenvalue weighted by Gasteiger charge is 2.56. The maximum Gasteiger partial charge on any atom is 0.573 e. The van der Waals surface area contributed by atoms with E-state index in [1.807, 2.05) is 0 Å². The van der Waals surface area contributed by atoms with Crippen LogP contribution in [0.4, 0.5) is 13.2 Å². The molecule has 1 aromatic heterocycles. The number of nitrogens with zero attached hydrogens (tertiary/aromatic N) is 2. The maximum atomic E-state index is 12.3. The Labute approximate surface area is 170 Å². The van der Waals surface area contributed by atoms with Crippen molar-refractivity contribution in [1.29, 1.82) is 0 Å². The molecule has 1 aromatic carbocycles. The molecule has 1 aliphatic carbocycles. The summed E-state index contributed by atoms with van der Waals surface area (Å²) in [5.74, 6) is 0.559. The molecule has 2 fully saturated rings. The van der Waals surface area contributed by atoms with E-state index in [4.69, 9.17) is 11.6 Å². The van der Waals surface area contributed by atoms with E-state index < -0.39 is 18.0 Å². The van der Waals surface area contributed by atoms with E-state index in [9.17, 15) is 18.0 Å². The number of nitrogens with one attached hydrogen (secondary N) is 2. The number of carbonyl (C=O) groups is 1. The highest BCUT2D eigenvalue weighted by atomic mass is 35.5. The molecule has 2 heterocycles. The number of aromatic amines is 1. The van der Waals surface area contributed by atoms with Gasteiger partial charge in [0.15, 0.2) is 0 Å². The number of hydrogen-bond donors (Lipinski definition) is 2. The molecule has 29 heavy (non-hydrogen) atoms. The Kier molecular flexibility index (Phi) is 5.20. The van der Waals surface area contributed by atoms with Gasteiger partial charge in [0.1, 0.15) is 5.75 Å². The Hall–Kier alpha value is -2.26. The summed E-state index contributed by atoms with van der Waals surface area (Å²) in [6.45, 7) is 4.39. The summed E-state index contributed by atoms with van der Waals surface area (Å²) < 4.78 is 40.8. The van der Waals surface area contributed by atoms with Crippen LogP contribution in [0.2, 0.25) is 5.02 Å². The van der Waals surface area contributed by atoms with Crippen LogP contribution in [-0.2, 0) is 0 Å². The molecule has 3 atom stereocenters. The average molecular weight is 429 g/mol. The highest BCUT2D eigenvalue weighted by Crippen LogP contribution is 2.53. The molecule has 10 heteroatoms. The van der Waals surface area contributed by atoms with Crippen LogP contribution in [0, 0.1) is 17.8 Å². The molecule has 2 N–H and O–H groups in total. The molecule has 0 bridgehead atoms. The first kappa shape index (κ1) is 20.0. The minimum Gasteiger partial charge on any atom is -0.406 e. The second-order valence-electron chi connectivity index (χ2n) is 7.53. The molecule has 6 nitrogen and oxygen atoms in total. The molecule has 1 saturated carbocycles. The molecule has 1 amide bonds. The largest absolute Gasteiger partial charge is 0.573 e. The van der Waals surface area contributed by atoms with Gasteiger partial charge in [-0.25, -0.2) is 0 Å². The van der Waals surface area contributed by atoms with Gasteiger partial charge in [0.05, 0.1) is 16.8 Å². The van der Waals surface area contributed by atoms with E-state index in [1.54, 1.807) is 6.20 Å². The summed E-state index contributed by atoms with van der Waals surface area (Å²) in [4.78, 5) is 14.6. The van der Waals surface area contributed by atoms with Gasteiger partial charge in [0, 0.05) is 31.4 Å². The van der Waals surface area contributed by atoms with Crippen LogP contribution in [-0.4, -0.2) is 47.0 Å². The van der Waals surface area contributed by atoms with Gasteiger partial charge < -0.3 is 10.1 Å². The molecule has 0 radical (unpaired) electrons. The van der Waals surface area contributed by atoms with E-state index in [0.717, 1.165) is 30.9 Å². The third kappa shape index (κ3) is 4.35. The number of amides is 1. The number of aromatic nitrogens is 2. The molecule has 2 aromatic rings. The number of carbonyl (C=O) groups excluding carboxylic acids is 1. The van der Waals surface area contributed by atoms with Gasteiger partial charge in [0.25, 0.3) is 5.91 Å². The quantitative estimate of drug-likeness (QED) is 0.737. The number of benzene rings is 1. The van der Waals surface area contributed by atoms with Crippen LogP contribution in [0.1, 0.15) is 29.0 Å². The number of piperidine rings is 1.